The topological polar surface area (TPSA) is 56.8 Å². The van der Waals surface area contributed by atoms with Gasteiger partial charge in [0.05, 0.1) is 0 Å². The number of aromatic nitrogens is 3. The van der Waals surface area contributed by atoms with Gasteiger partial charge in [-0.3, -0.25) is 5.10 Å². The standard InChI is InChI=1S/C15H29N5/c1-4-13(5-2)14-17-15(19-18-14)20-9-7-12(8-10-20)11-16-6-3/h12-13,16H,4-11H2,1-3H3,(H,17,18,19). The van der Waals surface area contributed by atoms with E-state index < -0.39 is 0 Å². The predicted octanol–water partition coefficient (Wildman–Crippen LogP) is 2.53. The van der Waals surface area contributed by atoms with Crippen molar-refractivity contribution in [1.29, 1.82) is 0 Å². The summed E-state index contributed by atoms with van der Waals surface area (Å²) in [6, 6.07) is 0. The van der Waals surface area contributed by atoms with E-state index >= 15 is 0 Å². The van der Waals surface area contributed by atoms with Crippen LogP contribution in [0.3, 0.4) is 0 Å². The van der Waals surface area contributed by atoms with Gasteiger partial charge in [-0.05, 0) is 44.7 Å². The molecule has 1 fully saturated rings. The third kappa shape index (κ3) is 3.72. The molecule has 1 aliphatic rings. The molecule has 0 aliphatic carbocycles. The first-order valence-corrected chi connectivity index (χ1v) is 8.16. The Bertz CT molecular complexity index is 377. The first-order valence-electron chi connectivity index (χ1n) is 8.16. The second-order valence-electron chi connectivity index (χ2n) is 5.77. The molecule has 0 bridgehead atoms. The lowest BCUT2D eigenvalue weighted by Crippen LogP contribution is -2.37. The van der Waals surface area contributed by atoms with Crippen LogP contribution in [0, 0.1) is 5.92 Å². The lowest BCUT2D eigenvalue weighted by atomic mass is 9.97. The molecule has 2 rings (SSSR count). The zero-order valence-corrected chi connectivity index (χ0v) is 13.2. The van der Waals surface area contributed by atoms with Crippen molar-refractivity contribution in [1.82, 2.24) is 20.5 Å². The van der Waals surface area contributed by atoms with Crippen molar-refractivity contribution in [3.63, 3.8) is 0 Å². The molecular weight excluding hydrogens is 250 g/mol. The highest BCUT2D eigenvalue weighted by Crippen LogP contribution is 2.24. The summed E-state index contributed by atoms with van der Waals surface area (Å²) in [4.78, 5) is 7.03. The van der Waals surface area contributed by atoms with Gasteiger partial charge in [0.15, 0.2) is 0 Å². The lowest BCUT2D eigenvalue weighted by Gasteiger charge is -2.31. The van der Waals surface area contributed by atoms with E-state index in [9.17, 15) is 0 Å². The summed E-state index contributed by atoms with van der Waals surface area (Å²) in [7, 11) is 0. The number of H-pyrrole nitrogens is 1. The smallest absolute Gasteiger partial charge is 0.244 e. The molecule has 0 atom stereocenters. The second-order valence-corrected chi connectivity index (χ2v) is 5.77. The first kappa shape index (κ1) is 15.3. The molecule has 1 saturated heterocycles. The zero-order chi connectivity index (χ0) is 14.4. The highest BCUT2D eigenvalue weighted by atomic mass is 15.4. The van der Waals surface area contributed by atoms with Crippen molar-refractivity contribution >= 4 is 5.95 Å². The zero-order valence-electron chi connectivity index (χ0n) is 13.2. The predicted molar refractivity (Wildman–Crippen MR) is 83.2 cm³/mol. The number of hydrogen-bond donors (Lipinski definition) is 2. The number of hydrogen-bond acceptors (Lipinski definition) is 4. The Hall–Kier alpha value is -1.10. The van der Waals surface area contributed by atoms with E-state index in [0.29, 0.717) is 5.92 Å². The van der Waals surface area contributed by atoms with Gasteiger partial charge < -0.3 is 10.2 Å². The van der Waals surface area contributed by atoms with Crippen LogP contribution >= 0.6 is 0 Å². The molecular formula is C15H29N5. The highest BCUT2D eigenvalue weighted by molar-refractivity contribution is 5.29. The Labute approximate surface area is 122 Å². The molecule has 0 radical (unpaired) electrons. The summed E-state index contributed by atoms with van der Waals surface area (Å²) in [5, 5.41) is 11.0. The fourth-order valence-corrected chi connectivity index (χ4v) is 2.95. The van der Waals surface area contributed by atoms with Gasteiger partial charge in [0, 0.05) is 19.0 Å². The molecule has 114 valence electrons. The maximum Gasteiger partial charge on any atom is 0.244 e. The number of nitrogens with one attached hydrogen (secondary N) is 2. The SMILES string of the molecule is CCNCC1CCN(c2n[nH]c(C(CC)CC)n2)CC1. The van der Waals surface area contributed by atoms with Crippen LogP contribution in [0.2, 0.25) is 0 Å². The molecule has 0 aromatic carbocycles. The summed E-state index contributed by atoms with van der Waals surface area (Å²) < 4.78 is 0. The quantitative estimate of drug-likeness (QED) is 0.805. The van der Waals surface area contributed by atoms with Crippen molar-refractivity contribution in [3.05, 3.63) is 5.82 Å². The minimum atomic E-state index is 0.516. The van der Waals surface area contributed by atoms with Crippen molar-refractivity contribution in [2.75, 3.05) is 31.1 Å². The van der Waals surface area contributed by atoms with Crippen LogP contribution in [0.1, 0.15) is 58.2 Å². The molecule has 1 aromatic heterocycles. The normalized spacial score (nSPS) is 17.1. The maximum absolute atomic E-state index is 4.71. The molecule has 5 nitrogen and oxygen atoms in total. The Morgan fingerprint density at radius 2 is 1.95 bits per heavy atom. The largest absolute Gasteiger partial charge is 0.340 e. The maximum atomic E-state index is 4.71. The van der Waals surface area contributed by atoms with Gasteiger partial charge in [-0.2, -0.15) is 4.98 Å². The Morgan fingerprint density at radius 1 is 1.25 bits per heavy atom. The average molecular weight is 279 g/mol. The highest BCUT2D eigenvalue weighted by Gasteiger charge is 2.22. The molecule has 0 amide bonds. The van der Waals surface area contributed by atoms with Crippen LogP contribution in [0.25, 0.3) is 0 Å². The third-order valence-corrected chi connectivity index (χ3v) is 4.44. The van der Waals surface area contributed by atoms with Gasteiger partial charge in [0.2, 0.25) is 5.95 Å². The fraction of sp³-hybridized carbons (Fsp3) is 0.867. The van der Waals surface area contributed by atoms with E-state index in [1.54, 1.807) is 0 Å². The summed E-state index contributed by atoms with van der Waals surface area (Å²) in [6.07, 6.45) is 4.72. The van der Waals surface area contributed by atoms with Gasteiger partial charge in [-0.15, -0.1) is 5.10 Å². The van der Waals surface area contributed by atoms with Gasteiger partial charge in [-0.25, -0.2) is 0 Å². The molecule has 20 heavy (non-hydrogen) atoms. The van der Waals surface area contributed by atoms with Crippen LogP contribution in [0.15, 0.2) is 0 Å². The van der Waals surface area contributed by atoms with Crippen molar-refractivity contribution in [3.8, 4) is 0 Å². The minimum absolute atomic E-state index is 0.516. The molecule has 0 spiro atoms. The van der Waals surface area contributed by atoms with Crippen molar-refractivity contribution in [2.45, 2.75) is 52.4 Å². The number of piperidine rings is 1. The van der Waals surface area contributed by atoms with Crippen LogP contribution < -0.4 is 10.2 Å². The third-order valence-electron chi connectivity index (χ3n) is 4.44. The monoisotopic (exact) mass is 279 g/mol. The molecule has 2 heterocycles. The number of aromatic amines is 1. The molecule has 2 N–H and O–H groups in total. The minimum Gasteiger partial charge on any atom is -0.340 e. The molecule has 0 saturated carbocycles. The van der Waals surface area contributed by atoms with Gasteiger partial charge in [-0.1, -0.05) is 20.8 Å². The number of nitrogens with zero attached hydrogens (tertiary/aromatic N) is 3. The fourth-order valence-electron chi connectivity index (χ4n) is 2.95. The summed E-state index contributed by atoms with van der Waals surface area (Å²) in [5.41, 5.74) is 0. The Balaban J connectivity index is 1.87. The van der Waals surface area contributed by atoms with Crippen molar-refractivity contribution in [2.24, 2.45) is 5.92 Å². The van der Waals surface area contributed by atoms with E-state index in [4.69, 9.17) is 4.98 Å². The average Bonchev–Trinajstić information content (AvgIpc) is 2.97. The van der Waals surface area contributed by atoms with Crippen LogP contribution in [-0.4, -0.2) is 41.4 Å². The van der Waals surface area contributed by atoms with Crippen LogP contribution in [0.5, 0.6) is 0 Å². The second kappa shape index (κ2) is 7.62. The lowest BCUT2D eigenvalue weighted by molar-refractivity contribution is 0.384. The first-order chi connectivity index (χ1) is 9.78. The summed E-state index contributed by atoms with van der Waals surface area (Å²) >= 11 is 0. The van der Waals surface area contributed by atoms with Gasteiger partial charge in [0.25, 0.3) is 0 Å². The Morgan fingerprint density at radius 3 is 2.55 bits per heavy atom. The number of rotatable bonds is 7. The Kier molecular flexibility index (Phi) is 5.83. The van der Waals surface area contributed by atoms with E-state index in [1.807, 2.05) is 0 Å². The number of anilines is 1. The molecule has 1 aromatic rings. The molecule has 1 aliphatic heterocycles. The summed E-state index contributed by atoms with van der Waals surface area (Å²) in [6.45, 7) is 11.0. The van der Waals surface area contributed by atoms with E-state index in [0.717, 1.165) is 56.7 Å². The summed E-state index contributed by atoms with van der Waals surface area (Å²) in [5.74, 6) is 3.28. The van der Waals surface area contributed by atoms with E-state index in [2.05, 4.69) is 41.2 Å². The van der Waals surface area contributed by atoms with E-state index in [1.165, 1.54) is 12.8 Å². The van der Waals surface area contributed by atoms with Gasteiger partial charge in [0.1, 0.15) is 5.82 Å². The van der Waals surface area contributed by atoms with Crippen molar-refractivity contribution < 1.29 is 0 Å². The molecule has 0 unspecified atom stereocenters. The molecule has 5 heteroatoms. The van der Waals surface area contributed by atoms with E-state index in [-0.39, 0.29) is 0 Å². The van der Waals surface area contributed by atoms with Crippen LogP contribution in [-0.2, 0) is 0 Å². The van der Waals surface area contributed by atoms with Gasteiger partial charge >= 0.3 is 0 Å². The van der Waals surface area contributed by atoms with Crippen LogP contribution in [0.4, 0.5) is 5.95 Å².